The number of allylic oxidation sites excluding steroid dienone is 1. The van der Waals surface area contributed by atoms with Gasteiger partial charge in [-0.05, 0) is 47.7 Å². The summed E-state index contributed by atoms with van der Waals surface area (Å²) in [6.07, 6.45) is 2.91. The van der Waals surface area contributed by atoms with Gasteiger partial charge in [-0.3, -0.25) is 0 Å². The number of anilines is 2. The lowest BCUT2D eigenvalue weighted by Gasteiger charge is -2.15. The van der Waals surface area contributed by atoms with Crippen molar-refractivity contribution in [2.24, 2.45) is 0 Å². The van der Waals surface area contributed by atoms with Gasteiger partial charge < -0.3 is 21.2 Å². The lowest BCUT2D eigenvalue weighted by Crippen LogP contribution is -2.13. The normalized spacial score (nSPS) is 11.6. The molecule has 2 aromatic carbocycles. The summed E-state index contributed by atoms with van der Waals surface area (Å²) < 4.78 is 3.27. The van der Waals surface area contributed by atoms with Gasteiger partial charge in [0.15, 0.2) is 0 Å². The van der Waals surface area contributed by atoms with Crippen LogP contribution in [0.5, 0.6) is 0 Å². The van der Waals surface area contributed by atoms with Gasteiger partial charge in [0.25, 0.3) is 0 Å². The molecule has 5 nitrogen and oxygen atoms in total. The molecule has 3 aromatic rings. The van der Waals surface area contributed by atoms with E-state index in [0.717, 1.165) is 21.5 Å². The van der Waals surface area contributed by atoms with Gasteiger partial charge >= 0.3 is 0 Å². The number of fused-ring (bicyclic) bond motifs is 1. The molecule has 0 atom stereocenters. The predicted octanol–water partition coefficient (Wildman–Crippen LogP) is 5.14. The fraction of sp³-hybridized carbons (Fsp3) is 0.143. The number of benzene rings is 2. The minimum absolute atomic E-state index is 0.447. The molecule has 0 aliphatic rings. The van der Waals surface area contributed by atoms with Gasteiger partial charge in [-0.25, -0.2) is 4.98 Å². The van der Waals surface area contributed by atoms with Crippen LogP contribution in [0, 0.1) is 5.41 Å². The molecule has 0 spiro atoms. The van der Waals surface area contributed by atoms with Crippen LogP contribution in [0.1, 0.15) is 25.3 Å². The van der Waals surface area contributed by atoms with Gasteiger partial charge in [-0.2, -0.15) is 0 Å². The summed E-state index contributed by atoms with van der Waals surface area (Å²) in [6, 6.07) is 18.1. The van der Waals surface area contributed by atoms with Crippen LogP contribution in [0.3, 0.4) is 0 Å². The molecule has 1 aromatic heterocycles. The fourth-order valence-electron chi connectivity index (χ4n) is 2.66. The first-order chi connectivity index (χ1) is 13.1. The highest BCUT2D eigenvalue weighted by Crippen LogP contribution is 2.26. The number of nitrogen functional groups attached to an aromatic ring is 1. The molecule has 0 unspecified atom stereocenters. The number of para-hydroxylation sites is 1. The van der Waals surface area contributed by atoms with E-state index in [9.17, 15) is 0 Å². The molecule has 138 valence electrons. The quantitative estimate of drug-likeness (QED) is 0.338. The molecule has 6 heteroatoms. The van der Waals surface area contributed by atoms with Crippen LogP contribution < -0.4 is 15.8 Å². The largest absolute Gasteiger partial charge is 0.384 e. The Morgan fingerprint density at radius 3 is 2.59 bits per heavy atom. The number of nitrogens with zero attached hydrogens (tertiary/aromatic N) is 1. The van der Waals surface area contributed by atoms with Crippen molar-refractivity contribution in [1.82, 2.24) is 9.71 Å². The van der Waals surface area contributed by atoms with E-state index in [1.54, 1.807) is 12.1 Å². The van der Waals surface area contributed by atoms with E-state index in [1.807, 2.05) is 24.3 Å². The second kappa shape index (κ2) is 8.60. The molecule has 0 amide bonds. The van der Waals surface area contributed by atoms with Crippen molar-refractivity contribution in [2.45, 2.75) is 24.7 Å². The molecule has 1 heterocycles. The van der Waals surface area contributed by atoms with Crippen LogP contribution in [0.15, 0.2) is 71.4 Å². The Morgan fingerprint density at radius 2 is 1.89 bits per heavy atom. The van der Waals surface area contributed by atoms with Gasteiger partial charge in [-0.15, -0.1) is 0 Å². The lowest BCUT2D eigenvalue weighted by molar-refractivity contribution is 0.865. The zero-order chi connectivity index (χ0) is 19.2. The van der Waals surface area contributed by atoms with Crippen molar-refractivity contribution in [2.75, 3.05) is 11.1 Å². The summed E-state index contributed by atoms with van der Waals surface area (Å²) in [7, 11) is 0. The Labute approximate surface area is 163 Å². The van der Waals surface area contributed by atoms with Crippen molar-refractivity contribution >= 4 is 40.6 Å². The molecule has 5 N–H and O–H groups in total. The Hall–Kier alpha value is -2.99. The zero-order valence-electron chi connectivity index (χ0n) is 15.4. The van der Waals surface area contributed by atoms with Crippen molar-refractivity contribution in [3.05, 3.63) is 72.1 Å². The smallest absolute Gasteiger partial charge is 0.126 e. The Morgan fingerprint density at radius 1 is 1.15 bits per heavy atom. The van der Waals surface area contributed by atoms with Crippen molar-refractivity contribution in [1.29, 1.82) is 5.41 Å². The summed E-state index contributed by atoms with van der Waals surface area (Å²) >= 11 is 1.49. The van der Waals surface area contributed by atoms with Crippen molar-refractivity contribution in [3.63, 3.8) is 0 Å². The predicted molar refractivity (Wildman–Crippen MR) is 116 cm³/mol. The van der Waals surface area contributed by atoms with Gasteiger partial charge in [0.1, 0.15) is 11.6 Å². The number of hydrogen-bond donors (Lipinski definition) is 4. The molecule has 0 saturated heterocycles. The second-order valence-electron chi connectivity index (χ2n) is 6.41. The monoisotopic (exact) mass is 377 g/mol. The molecule has 27 heavy (non-hydrogen) atoms. The SMILES string of the molecule is CC(C)c1ccc(SN/C(=C/C=N)Nc2cc(N)nc3ccccc23)cc1. The van der Waals surface area contributed by atoms with Crippen LogP contribution in [-0.4, -0.2) is 11.2 Å². The summed E-state index contributed by atoms with van der Waals surface area (Å²) in [5.41, 5.74) is 8.92. The Balaban J connectivity index is 1.77. The van der Waals surface area contributed by atoms with E-state index in [-0.39, 0.29) is 0 Å². The minimum Gasteiger partial charge on any atom is -0.384 e. The summed E-state index contributed by atoms with van der Waals surface area (Å²) in [4.78, 5) is 5.45. The first-order valence-corrected chi connectivity index (χ1v) is 9.54. The number of nitrogens with two attached hydrogens (primary N) is 1. The third kappa shape index (κ3) is 4.80. The lowest BCUT2D eigenvalue weighted by atomic mass is 10.0. The highest BCUT2D eigenvalue weighted by Gasteiger charge is 2.07. The second-order valence-corrected chi connectivity index (χ2v) is 7.29. The maximum atomic E-state index is 7.43. The molecule has 3 rings (SSSR count). The van der Waals surface area contributed by atoms with E-state index >= 15 is 0 Å². The average molecular weight is 378 g/mol. The first-order valence-electron chi connectivity index (χ1n) is 8.72. The van der Waals surface area contributed by atoms with Crippen molar-refractivity contribution < 1.29 is 0 Å². The molecule has 0 fully saturated rings. The first kappa shape index (κ1) is 18.8. The van der Waals surface area contributed by atoms with E-state index in [2.05, 4.69) is 53.1 Å². The van der Waals surface area contributed by atoms with Crippen LogP contribution >= 0.6 is 11.9 Å². The molecule has 0 radical (unpaired) electrons. The standard InChI is InChI=1S/C21H23N5S/c1-14(2)15-7-9-16(10-8-15)27-26-21(11-12-22)25-19-13-20(23)24-18-6-4-3-5-17(18)19/h3-14,22,26H,1-2H3,(H3,23,24,25)/b21-11+,22-12?. The third-order valence-electron chi connectivity index (χ3n) is 4.08. The average Bonchev–Trinajstić information content (AvgIpc) is 2.66. The van der Waals surface area contributed by atoms with E-state index in [4.69, 9.17) is 11.1 Å². The summed E-state index contributed by atoms with van der Waals surface area (Å²) in [5.74, 6) is 1.65. The minimum atomic E-state index is 0.447. The van der Waals surface area contributed by atoms with Gasteiger partial charge in [0, 0.05) is 22.6 Å². The number of hydrogen-bond acceptors (Lipinski definition) is 6. The summed E-state index contributed by atoms with van der Waals surface area (Å²) in [6.45, 7) is 4.36. The van der Waals surface area contributed by atoms with Crippen LogP contribution in [0.4, 0.5) is 11.5 Å². The highest BCUT2D eigenvalue weighted by molar-refractivity contribution is 7.97. The maximum absolute atomic E-state index is 7.43. The Kier molecular flexibility index (Phi) is 5.98. The van der Waals surface area contributed by atoms with Crippen LogP contribution in [0.25, 0.3) is 10.9 Å². The van der Waals surface area contributed by atoms with Crippen molar-refractivity contribution in [3.8, 4) is 0 Å². The zero-order valence-corrected chi connectivity index (χ0v) is 16.2. The molecular weight excluding hydrogens is 354 g/mol. The third-order valence-corrected chi connectivity index (χ3v) is 4.91. The number of aromatic nitrogens is 1. The van der Waals surface area contributed by atoms with Gasteiger partial charge in [-0.1, -0.05) is 44.2 Å². The van der Waals surface area contributed by atoms with Crippen LogP contribution in [0.2, 0.25) is 0 Å². The van der Waals surface area contributed by atoms with E-state index in [0.29, 0.717) is 17.6 Å². The summed E-state index contributed by atoms with van der Waals surface area (Å²) in [5, 5.41) is 11.7. The van der Waals surface area contributed by atoms with Crippen LogP contribution in [-0.2, 0) is 0 Å². The molecule has 0 saturated carbocycles. The number of pyridine rings is 1. The number of rotatable bonds is 7. The number of nitrogens with one attached hydrogen (secondary N) is 3. The fourth-order valence-corrected chi connectivity index (χ4v) is 3.28. The highest BCUT2D eigenvalue weighted by atomic mass is 32.2. The van der Waals surface area contributed by atoms with E-state index < -0.39 is 0 Å². The van der Waals surface area contributed by atoms with Gasteiger partial charge in [0.05, 0.1) is 11.2 Å². The molecule has 0 bridgehead atoms. The Bertz CT molecular complexity index is 964. The molecule has 0 aliphatic carbocycles. The maximum Gasteiger partial charge on any atom is 0.126 e. The molecular formula is C21H23N5S. The molecule has 0 aliphatic heterocycles. The topological polar surface area (TPSA) is 86.8 Å². The van der Waals surface area contributed by atoms with E-state index in [1.165, 1.54) is 23.7 Å². The van der Waals surface area contributed by atoms with Gasteiger partial charge in [0.2, 0.25) is 0 Å².